The van der Waals surface area contributed by atoms with Crippen molar-refractivity contribution in [2.45, 2.75) is 25.8 Å². The Morgan fingerprint density at radius 2 is 2.05 bits per heavy atom. The van der Waals surface area contributed by atoms with Crippen molar-refractivity contribution in [1.29, 1.82) is 0 Å². The lowest BCUT2D eigenvalue weighted by molar-refractivity contribution is -0.129. The van der Waals surface area contributed by atoms with Gasteiger partial charge in [-0.05, 0) is 36.6 Å². The fraction of sp³-hybridized carbons (Fsp3) is 0.562. The van der Waals surface area contributed by atoms with Crippen LogP contribution in [0.2, 0.25) is 0 Å². The van der Waals surface area contributed by atoms with E-state index < -0.39 is 0 Å². The standard InChI is InChI=1S/C16H24N2O3/c1-4-13(18-10-11(9-17)7-16(18)19)12-5-6-14(20-2)15(8-12)21-3/h5-6,8,11,13H,4,7,9-10,17H2,1-3H3. The molecule has 21 heavy (non-hydrogen) atoms. The van der Waals surface area contributed by atoms with Crippen LogP contribution >= 0.6 is 0 Å². The maximum Gasteiger partial charge on any atom is 0.223 e. The Morgan fingerprint density at radius 1 is 1.33 bits per heavy atom. The van der Waals surface area contributed by atoms with E-state index in [1.165, 1.54) is 0 Å². The molecule has 1 aliphatic heterocycles. The van der Waals surface area contributed by atoms with Crippen LogP contribution in [0.25, 0.3) is 0 Å². The molecule has 2 unspecified atom stereocenters. The summed E-state index contributed by atoms with van der Waals surface area (Å²) in [6.07, 6.45) is 1.42. The molecule has 2 rings (SSSR count). The van der Waals surface area contributed by atoms with Gasteiger partial charge in [0.25, 0.3) is 0 Å². The minimum absolute atomic E-state index is 0.0638. The number of ether oxygens (including phenoxy) is 2. The maximum atomic E-state index is 12.2. The molecule has 1 fully saturated rings. The molecule has 5 nitrogen and oxygen atoms in total. The number of carbonyl (C=O) groups is 1. The number of nitrogens with zero attached hydrogens (tertiary/aromatic N) is 1. The molecule has 2 atom stereocenters. The Balaban J connectivity index is 2.27. The zero-order valence-electron chi connectivity index (χ0n) is 13.0. The third-order valence-corrected chi connectivity index (χ3v) is 4.13. The summed E-state index contributed by atoms with van der Waals surface area (Å²) in [5, 5.41) is 0. The van der Waals surface area contributed by atoms with Crippen LogP contribution in [0.3, 0.4) is 0 Å². The number of rotatable bonds is 6. The number of likely N-dealkylation sites (tertiary alicyclic amines) is 1. The Kier molecular flexibility index (Phi) is 5.07. The summed E-state index contributed by atoms with van der Waals surface area (Å²) in [6, 6.07) is 5.90. The van der Waals surface area contributed by atoms with Crippen LogP contribution in [0, 0.1) is 5.92 Å². The highest BCUT2D eigenvalue weighted by Crippen LogP contribution is 2.35. The molecule has 1 aliphatic rings. The molecule has 1 aromatic carbocycles. The predicted octanol–water partition coefficient (Wildman–Crippen LogP) is 1.96. The normalized spacial score (nSPS) is 19.7. The number of hydrogen-bond donors (Lipinski definition) is 1. The highest BCUT2D eigenvalue weighted by atomic mass is 16.5. The molecule has 1 saturated heterocycles. The Labute approximate surface area is 126 Å². The smallest absolute Gasteiger partial charge is 0.223 e. The number of carbonyl (C=O) groups excluding carboxylic acids is 1. The van der Waals surface area contributed by atoms with Gasteiger partial charge in [-0.3, -0.25) is 4.79 Å². The molecular formula is C16H24N2O3. The SMILES string of the molecule is CCC(c1ccc(OC)c(OC)c1)N1CC(CN)CC1=O. The van der Waals surface area contributed by atoms with Gasteiger partial charge in [-0.15, -0.1) is 0 Å². The molecule has 0 saturated carbocycles. The Hall–Kier alpha value is -1.75. The lowest BCUT2D eigenvalue weighted by atomic mass is 10.0. The second-order valence-corrected chi connectivity index (χ2v) is 5.39. The van der Waals surface area contributed by atoms with E-state index in [9.17, 15) is 4.79 Å². The van der Waals surface area contributed by atoms with Gasteiger partial charge in [0.2, 0.25) is 5.91 Å². The fourth-order valence-electron chi connectivity index (χ4n) is 2.96. The molecule has 1 amide bonds. The van der Waals surface area contributed by atoms with Gasteiger partial charge in [-0.25, -0.2) is 0 Å². The van der Waals surface area contributed by atoms with Gasteiger partial charge in [0.15, 0.2) is 11.5 Å². The molecule has 5 heteroatoms. The van der Waals surface area contributed by atoms with E-state index in [1.54, 1.807) is 14.2 Å². The summed E-state index contributed by atoms with van der Waals surface area (Å²) in [4.78, 5) is 14.2. The first-order chi connectivity index (χ1) is 10.1. The minimum Gasteiger partial charge on any atom is -0.493 e. The van der Waals surface area contributed by atoms with Crippen molar-refractivity contribution in [3.8, 4) is 11.5 Å². The van der Waals surface area contributed by atoms with Gasteiger partial charge < -0.3 is 20.1 Å². The predicted molar refractivity (Wildman–Crippen MR) is 81.5 cm³/mol. The monoisotopic (exact) mass is 292 g/mol. The third-order valence-electron chi connectivity index (χ3n) is 4.13. The van der Waals surface area contributed by atoms with Crippen molar-refractivity contribution in [3.05, 3.63) is 23.8 Å². The topological polar surface area (TPSA) is 64.8 Å². The van der Waals surface area contributed by atoms with Gasteiger partial charge in [0, 0.05) is 13.0 Å². The summed E-state index contributed by atoms with van der Waals surface area (Å²) in [7, 11) is 3.23. The van der Waals surface area contributed by atoms with Crippen LogP contribution in [0.5, 0.6) is 11.5 Å². The van der Waals surface area contributed by atoms with E-state index in [0.29, 0.717) is 24.5 Å². The van der Waals surface area contributed by atoms with Crippen LogP contribution in [-0.2, 0) is 4.79 Å². The van der Waals surface area contributed by atoms with Crippen LogP contribution in [0.4, 0.5) is 0 Å². The van der Waals surface area contributed by atoms with Crippen LogP contribution in [0.15, 0.2) is 18.2 Å². The molecule has 2 N–H and O–H groups in total. The summed E-state index contributed by atoms with van der Waals surface area (Å²) < 4.78 is 10.6. The number of benzene rings is 1. The van der Waals surface area contributed by atoms with E-state index >= 15 is 0 Å². The second kappa shape index (κ2) is 6.80. The van der Waals surface area contributed by atoms with Crippen molar-refractivity contribution in [2.24, 2.45) is 11.7 Å². The third kappa shape index (κ3) is 3.13. The van der Waals surface area contributed by atoms with Crippen molar-refractivity contribution in [3.63, 3.8) is 0 Å². The molecule has 116 valence electrons. The lowest BCUT2D eigenvalue weighted by Crippen LogP contribution is -2.30. The molecule has 0 aromatic heterocycles. The largest absolute Gasteiger partial charge is 0.493 e. The van der Waals surface area contributed by atoms with Crippen LogP contribution < -0.4 is 15.2 Å². The zero-order valence-corrected chi connectivity index (χ0v) is 13.0. The van der Waals surface area contributed by atoms with Gasteiger partial charge in [0.05, 0.1) is 20.3 Å². The molecule has 0 bridgehead atoms. The van der Waals surface area contributed by atoms with Crippen molar-refractivity contribution in [2.75, 3.05) is 27.3 Å². The van der Waals surface area contributed by atoms with Crippen molar-refractivity contribution >= 4 is 5.91 Å². The first-order valence-corrected chi connectivity index (χ1v) is 7.36. The Bertz CT molecular complexity index is 504. The van der Waals surface area contributed by atoms with Crippen molar-refractivity contribution in [1.82, 2.24) is 4.90 Å². The summed E-state index contributed by atoms with van der Waals surface area (Å²) in [5.74, 6) is 1.85. The van der Waals surface area contributed by atoms with Gasteiger partial charge in [-0.1, -0.05) is 13.0 Å². The number of nitrogens with two attached hydrogens (primary N) is 1. The maximum absolute atomic E-state index is 12.2. The first kappa shape index (κ1) is 15.6. The molecule has 0 radical (unpaired) electrons. The summed E-state index contributed by atoms with van der Waals surface area (Å²) in [5.41, 5.74) is 6.78. The van der Waals surface area contributed by atoms with E-state index in [0.717, 1.165) is 18.5 Å². The van der Waals surface area contributed by atoms with Gasteiger partial charge >= 0.3 is 0 Å². The quantitative estimate of drug-likeness (QED) is 0.870. The average Bonchev–Trinajstić information content (AvgIpc) is 2.89. The number of amides is 1. The van der Waals surface area contributed by atoms with Crippen LogP contribution in [0.1, 0.15) is 31.4 Å². The zero-order chi connectivity index (χ0) is 15.4. The summed E-state index contributed by atoms with van der Waals surface area (Å²) in [6.45, 7) is 3.39. The average molecular weight is 292 g/mol. The highest BCUT2D eigenvalue weighted by molar-refractivity contribution is 5.79. The molecular weight excluding hydrogens is 268 g/mol. The van der Waals surface area contributed by atoms with Crippen molar-refractivity contribution < 1.29 is 14.3 Å². The van der Waals surface area contributed by atoms with E-state index in [1.807, 2.05) is 23.1 Å². The number of methoxy groups -OCH3 is 2. The van der Waals surface area contributed by atoms with E-state index in [-0.39, 0.29) is 17.9 Å². The van der Waals surface area contributed by atoms with Gasteiger partial charge in [0.1, 0.15) is 0 Å². The highest BCUT2D eigenvalue weighted by Gasteiger charge is 2.33. The lowest BCUT2D eigenvalue weighted by Gasteiger charge is -2.28. The van der Waals surface area contributed by atoms with E-state index in [2.05, 4.69) is 6.92 Å². The van der Waals surface area contributed by atoms with E-state index in [4.69, 9.17) is 15.2 Å². The van der Waals surface area contributed by atoms with Crippen LogP contribution in [-0.4, -0.2) is 38.1 Å². The molecule has 1 aromatic rings. The molecule has 0 aliphatic carbocycles. The molecule has 1 heterocycles. The first-order valence-electron chi connectivity index (χ1n) is 7.36. The number of hydrogen-bond acceptors (Lipinski definition) is 4. The fourth-order valence-corrected chi connectivity index (χ4v) is 2.96. The molecule has 0 spiro atoms. The second-order valence-electron chi connectivity index (χ2n) is 5.39. The summed E-state index contributed by atoms with van der Waals surface area (Å²) >= 11 is 0. The Morgan fingerprint density at radius 3 is 2.57 bits per heavy atom. The minimum atomic E-state index is 0.0638. The van der Waals surface area contributed by atoms with Gasteiger partial charge in [-0.2, -0.15) is 0 Å².